The van der Waals surface area contributed by atoms with Crippen LogP contribution in [-0.2, 0) is 11.0 Å². The minimum absolute atomic E-state index is 0.0665. The topological polar surface area (TPSA) is 107 Å². The van der Waals surface area contributed by atoms with Gasteiger partial charge in [0.15, 0.2) is 5.16 Å². The minimum Gasteiger partial charge on any atom is -0.496 e. The monoisotopic (exact) mass is 402 g/mol. The number of anilines is 1. The van der Waals surface area contributed by atoms with Crippen molar-refractivity contribution < 1.29 is 27.6 Å². The van der Waals surface area contributed by atoms with Crippen molar-refractivity contribution in [2.75, 3.05) is 12.4 Å². The summed E-state index contributed by atoms with van der Waals surface area (Å²) in [6.07, 6.45) is -3.69. The third kappa shape index (κ3) is 5.29. The average molecular weight is 402 g/mol. The Balaban J connectivity index is 2.14. The first-order valence-corrected chi connectivity index (χ1v) is 8.20. The number of alkyl halides is 3. The molecule has 12 heteroatoms. The van der Waals surface area contributed by atoms with Crippen molar-refractivity contribution in [1.82, 2.24) is 9.97 Å². The zero-order valence-corrected chi connectivity index (χ0v) is 14.8. The fourth-order valence-corrected chi connectivity index (χ4v) is 2.65. The normalized spacial score (nSPS) is 12.3. The van der Waals surface area contributed by atoms with Crippen molar-refractivity contribution in [3.8, 4) is 5.75 Å². The van der Waals surface area contributed by atoms with Gasteiger partial charge in [-0.3, -0.25) is 14.9 Å². The third-order valence-corrected chi connectivity index (χ3v) is 4.21. The molecule has 0 fully saturated rings. The first-order valence-electron chi connectivity index (χ1n) is 7.32. The Bertz CT molecular complexity index is 863. The number of aromatic nitrogens is 2. The summed E-state index contributed by atoms with van der Waals surface area (Å²) in [4.78, 5) is 29.8. The summed E-state index contributed by atoms with van der Waals surface area (Å²) in [6, 6.07) is 4.59. The Hall–Kier alpha value is -2.89. The van der Waals surface area contributed by atoms with Crippen molar-refractivity contribution in [3.63, 3.8) is 0 Å². The Morgan fingerprint density at radius 1 is 1.37 bits per heavy atom. The van der Waals surface area contributed by atoms with Gasteiger partial charge in [-0.2, -0.15) is 13.2 Å². The van der Waals surface area contributed by atoms with E-state index in [9.17, 15) is 28.1 Å². The van der Waals surface area contributed by atoms with Crippen LogP contribution in [-0.4, -0.2) is 33.2 Å². The molecule has 0 unspecified atom stereocenters. The summed E-state index contributed by atoms with van der Waals surface area (Å²) in [7, 11) is 1.34. The molecule has 27 heavy (non-hydrogen) atoms. The van der Waals surface area contributed by atoms with Gasteiger partial charge in [-0.1, -0.05) is 11.8 Å². The number of rotatable bonds is 6. The number of methoxy groups -OCH3 is 1. The molecular weight excluding hydrogens is 389 g/mol. The van der Waals surface area contributed by atoms with Crippen LogP contribution in [0.3, 0.4) is 0 Å². The number of benzene rings is 1. The van der Waals surface area contributed by atoms with E-state index in [-0.39, 0.29) is 22.3 Å². The number of carbonyl (C=O) groups excluding carboxylic acids is 1. The Morgan fingerprint density at radius 2 is 2.07 bits per heavy atom. The molecule has 0 saturated carbocycles. The van der Waals surface area contributed by atoms with Gasteiger partial charge < -0.3 is 10.1 Å². The van der Waals surface area contributed by atoms with Crippen LogP contribution in [0.4, 0.5) is 24.5 Å². The zero-order chi connectivity index (χ0) is 20.2. The van der Waals surface area contributed by atoms with Crippen LogP contribution in [0.1, 0.15) is 12.6 Å². The molecule has 1 atom stereocenters. The minimum atomic E-state index is -4.63. The van der Waals surface area contributed by atoms with Crippen molar-refractivity contribution in [2.24, 2.45) is 0 Å². The van der Waals surface area contributed by atoms with Gasteiger partial charge in [0, 0.05) is 6.20 Å². The molecule has 0 bridgehead atoms. The second kappa shape index (κ2) is 8.20. The molecule has 0 radical (unpaired) electrons. The van der Waals surface area contributed by atoms with E-state index in [1.54, 1.807) is 0 Å². The highest BCUT2D eigenvalue weighted by Crippen LogP contribution is 2.31. The summed E-state index contributed by atoms with van der Waals surface area (Å²) in [5.41, 5.74) is -1.57. The Kier molecular flexibility index (Phi) is 6.20. The third-order valence-electron chi connectivity index (χ3n) is 3.23. The van der Waals surface area contributed by atoms with Crippen LogP contribution in [0.25, 0.3) is 0 Å². The van der Waals surface area contributed by atoms with E-state index < -0.39 is 28.0 Å². The molecule has 144 valence electrons. The first-order chi connectivity index (χ1) is 12.6. The van der Waals surface area contributed by atoms with E-state index in [2.05, 4.69) is 15.3 Å². The van der Waals surface area contributed by atoms with Crippen molar-refractivity contribution in [3.05, 3.63) is 46.3 Å². The predicted molar refractivity (Wildman–Crippen MR) is 90.6 cm³/mol. The number of hydrogen-bond donors (Lipinski definition) is 1. The lowest BCUT2D eigenvalue weighted by molar-refractivity contribution is -0.384. The van der Waals surface area contributed by atoms with Gasteiger partial charge in [-0.15, -0.1) is 0 Å². The highest BCUT2D eigenvalue weighted by atomic mass is 32.2. The maximum absolute atomic E-state index is 12.7. The molecule has 0 saturated heterocycles. The first kappa shape index (κ1) is 20.4. The van der Waals surface area contributed by atoms with Crippen molar-refractivity contribution >= 4 is 29.0 Å². The molecule has 1 heterocycles. The number of thioether (sulfide) groups is 1. The fraction of sp³-hybridized carbons (Fsp3) is 0.267. The van der Waals surface area contributed by atoms with Crippen LogP contribution in [0, 0.1) is 10.1 Å². The molecule has 1 amide bonds. The number of hydrogen-bond acceptors (Lipinski definition) is 7. The zero-order valence-electron chi connectivity index (χ0n) is 14.0. The number of nitrogens with zero attached hydrogens (tertiary/aromatic N) is 3. The number of halogens is 3. The van der Waals surface area contributed by atoms with E-state index in [0.29, 0.717) is 11.8 Å². The predicted octanol–water partition coefficient (Wildman–Crippen LogP) is 3.53. The van der Waals surface area contributed by atoms with Crippen molar-refractivity contribution in [2.45, 2.75) is 23.5 Å². The largest absolute Gasteiger partial charge is 0.496 e. The SMILES string of the molecule is COc1ccc(NC(=O)[C@H](C)Sc2nccc(C(F)(F)F)n2)c([N+](=O)[O-])c1. The maximum atomic E-state index is 12.7. The van der Waals surface area contributed by atoms with Gasteiger partial charge in [0.25, 0.3) is 5.69 Å². The molecule has 2 aromatic rings. The van der Waals surface area contributed by atoms with E-state index in [0.717, 1.165) is 18.3 Å². The van der Waals surface area contributed by atoms with Gasteiger partial charge in [0.1, 0.15) is 17.1 Å². The summed E-state index contributed by atoms with van der Waals surface area (Å²) in [5.74, 6) is -0.422. The van der Waals surface area contributed by atoms with Crippen LogP contribution < -0.4 is 10.1 Å². The highest BCUT2D eigenvalue weighted by molar-refractivity contribution is 8.00. The summed E-state index contributed by atoms with van der Waals surface area (Å²) in [5, 5.41) is 12.4. The molecule has 1 N–H and O–H groups in total. The standard InChI is InChI=1S/C15H13F3N4O4S/c1-8(27-14-19-6-5-12(21-14)15(16,17)18)13(23)20-10-4-3-9(26-2)7-11(10)22(24)25/h3-8H,1-2H3,(H,20,23)/t8-/m0/s1. The van der Waals surface area contributed by atoms with Gasteiger partial charge >= 0.3 is 6.18 Å². The lowest BCUT2D eigenvalue weighted by Gasteiger charge is -2.12. The second-order valence-electron chi connectivity index (χ2n) is 5.11. The molecular formula is C15H13F3N4O4S. The van der Waals surface area contributed by atoms with Crippen LogP contribution in [0.5, 0.6) is 5.75 Å². The molecule has 1 aromatic heterocycles. The smallest absolute Gasteiger partial charge is 0.433 e. The number of ether oxygens (including phenoxy) is 1. The van der Waals surface area contributed by atoms with Gasteiger partial charge in [0.05, 0.1) is 23.3 Å². The van der Waals surface area contributed by atoms with Gasteiger partial charge in [-0.25, -0.2) is 9.97 Å². The molecule has 2 rings (SSSR count). The Labute approximate surface area is 155 Å². The number of nitrogens with one attached hydrogen (secondary N) is 1. The molecule has 0 spiro atoms. The lowest BCUT2D eigenvalue weighted by Crippen LogP contribution is -2.23. The molecule has 8 nitrogen and oxygen atoms in total. The summed E-state index contributed by atoms with van der Waals surface area (Å²) >= 11 is 0.694. The molecule has 0 aliphatic heterocycles. The van der Waals surface area contributed by atoms with Gasteiger partial charge in [0.2, 0.25) is 5.91 Å². The second-order valence-corrected chi connectivity index (χ2v) is 6.42. The van der Waals surface area contributed by atoms with Crippen molar-refractivity contribution in [1.29, 1.82) is 0 Å². The summed E-state index contributed by atoms with van der Waals surface area (Å²) in [6.45, 7) is 1.42. The van der Waals surface area contributed by atoms with E-state index >= 15 is 0 Å². The van der Waals surface area contributed by atoms with Crippen LogP contribution >= 0.6 is 11.8 Å². The van der Waals surface area contributed by atoms with Crippen LogP contribution in [0.2, 0.25) is 0 Å². The number of carbonyl (C=O) groups is 1. The van der Waals surface area contributed by atoms with E-state index in [1.165, 1.54) is 26.2 Å². The molecule has 0 aliphatic carbocycles. The van der Waals surface area contributed by atoms with Gasteiger partial charge in [-0.05, 0) is 25.1 Å². The van der Waals surface area contributed by atoms with E-state index in [1.807, 2.05) is 0 Å². The fourth-order valence-electron chi connectivity index (χ4n) is 1.90. The molecule has 1 aromatic carbocycles. The summed E-state index contributed by atoms with van der Waals surface area (Å²) < 4.78 is 42.9. The number of nitro benzene ring substituents is 1. The average Bonchev–Trinajstić information content (AvgIpc) is 2.61. The van der Waals surface area contributed by atoms with E-state index in [4.69, 9.17) is 4.74 Å². The number of amides is 1. The molecule has 0 aliphatic rings. The highest BCUT2D eigenvalue weighted by Gasteiger charge is 2.33. The van der Waals surface area contributed by atoms with Crippen LogP contribution in [0.15, 0.2) is 35.6 Å². The Morgan fingerprint density at radius 3 is 2.67 bits per heavy atom. The quantitative estimate of drug-likeness (QED) is 0.341. The lowest BCUT2D eigenvalue weighted by atomic mass is 10.2. The number of nitro groups is 1. The maximum Gasteiger partial charge on any atom is 0.433 e.